The highest BCUT2D eigenvalue weighted by Crippen LogP contribution is 2.48. The third kappa shape index (κ3) is 4.16. The fraction of sp³-hybridized carbons (Fsp3) is 0.481. The van der Waals surface area contributed by atoms with Gasteiger partial charge in [0, 0.05) is 17.0 Å². The molecule has 1 unspecified atom stereocenters. The van der Waals surface area contributed by atoms with E-state index in [4.69, 9.17) is 35.5 Å². The zero-order valence-corrected chi connectivity index (χ0v) is 21.0. The van der Waals surface area contributed by atoms with E-state index >= 15 is 0 Å². The topological polar surface area (TPSA) is 103 Å². The van der Waals surface area contributed by atoms with Gasteiger partial charge in [0.15, 0.2) is 18.1 Å². The zero-order valence-electron chi connectivity index (χ0n) is 20.2. The van der Waals surface area contributed by atoms with E-state index in [1.165, 1.54) is 0 Å². The number of aliphatic hydroxyl groups excluding tert-OH is 1. The lowest BCUT2D eigenvalue weighted by Crippen LogP contribution is -2.36. The van der Waals surface area contributed by atoms with E-state index in [0.717, 1.165) is 35.0 Å². The van der Waals surface area contributed by atoms with Crippen LogP contribution < -0.4 is 4.74 Å². The first-order valence-corrected chi connectivity index (χ1v) is 12.8. The Bertz CT molecular complexity index is 1290. The monoisotopic (exact) mass is 512 g/mol. The highest BCUT2D eigenvalue weighted by atomic mass is 35.5. The molecule has 3 aromatic rings. The largest absolute Gasteiger partial charge is 0.470 e. The second-order valence-corrected chi connectivity index (χ2v) is 10.7. The highest BCUT2D eigenvalue weighted by Gasteiger charge is 2.51. The summed E-state index contributed by atoms with van der Waals surface area (Å²) >= 11 is 6.59. The molecule has 4 atom stereocenters. The highest BCUT2D eigenvalue weighted by molar-refractivity contribution is 6.33. The molecule has 1 aliphatic carbocycles. The summed E-state index contributed by atoms with van der Waals surface area (Å²) in [5, 5.41) is 10.2. The van der Waals surface area contributed by atoms with Crippen LogP contribution in [0.2, 0.25) is 5.02 Å². The summed E-state index contributed by atoms with van der Waals surface area (Å²) in [6.07, 6.45) is 0.605. The molecule has 6 rings (SSSR count). The third-order valence-corrected chi connectivity index (χ3v) is 7.73. The Morgan fingerprint density at radius 3 is 2.53 bits per heavy atom. The number of benzene rings is 1. The lowest BCUT2D eigenvalue weighted by atomic mass is 9.95. The van der Waals surface area contributed by atoms with Gasteiger partial charge in [-0.1, -0.05) is 49.7 Å². The van der Waals surface area contributed by atoms with Crippen molar-refractivity contribution in [2.75, 3.05) is 19.8 Å². The van der Waals surface area contributed by atoms with Crippen molar-refractivity contribution >= 4 is 28.6 Å². The van der Waals surface area contributed by atoms with Crippen molar-refractivity contribution in [3.8, 4) is 17.1 Å². The maximum absolute atomic E-state index is 12.0. The van der Waals surface area contributed by atoms with Crippen LogP contribution in [0.15, 0.2) is 36.4 Å². The maximum Gasteiger partial charge on any atom is 0.308 e. The standard InChI is InChI=1S/C27H29ClN2O6/c1-14(2)26(32)36-21-12-34-24-20(11-33-25(21)24)35-22-10-19-18(29-22)9-17(28)23(30-19)15-3-5-16(6-4-15)27(13-31)7-8-27/h3-6,9-10,14,20-21,24-25,29,31H,7-8,11-13H2,1-2H3/t20-,21-,24-,25?/m1/s1. The number of carbonyl (C=O) groups is 1. The van der Waals surface area contributed by atoms with Crippen molar-refractivity contribution in [1.29, 1.82) is 0 Å². The van der Waals surface area contributed by atoms with Crippen LogP contribution in [0.1, 0.15) is 32.3 Å². The van der Waals surface area contributed by atoms with Crippen LogP contribution in [-0.4, -0.2) is 65.3 Å². The van der Waals surface area contributed by atoms with Crippen molar-refractivity contribution in [1.82, 2.24) is 9.97 Å². The van der Waals surface area contributed by atoms with Crippen LogP contribution in [0.25, 0.3) is 22.3 Å². The van der Waals surface area contributed by atoms with Gasteiger partial charge in [0.25, 0.3) is 0 Å². The molecule has 3 fully saturated rings. The summed E-state index contributed by atoms with van der Waals surface area (Å²) in [6.45, 7) is 4.40. The maximum atomic E-state index is 12.0. The van der Waals surface area contributed by atoms with Gasteiger partial charge < -0.3 is 29.0 Å². The van der Waals surface area contributed by atoms with Crippen LogP contribution in [-0.2, 0) is 24.4 Å². The first-order chi connectivity index (χ1) is 17.4. The molecule has 0 spiro atoms. The molecule has 8 nitrogen and oxygen atoms in total. The van der Waals surface area contributed by atoms with Crippen LogP contribution in [0.4, 0.5) is 0 Å². The number of hydrogen-bond donors (Lipinski definition) is 2. The molecule has 2 aromatic heterocycles. The number of carbonyl (C=O) groups excluding carboxylic acids is 1. The number of nitrogens with zero attached hydrogens (tertiary/aromatic N) is 1. The van der Waals surface area contributed by atoms with E-state index in [1.807, 2.05) is 24.3 Å². The van der Waals surface area contributed by atoms with E-state index in [2.05, 4.69) is 17.1 Å². The number of halogens is 1. The molecule has 2 aliphatic heterocycles. The van der Waals surface area contributed by atoms with Gasteiger partial charge in [-0.15, -0.1) is 0 Å². The van der Waals surface area contributed by atoms with Gasteiger partial charge in [-0.25, -0.2) is 4.98 Å². The number of hydrogen-bond acceptors (Lipinski definition) is 7. The summed E-state index contributed by atoms with van der Waals surface area (Å²) in [7, 11) is 0. The Morgan fingerprint density at radius 1 is 1.17 bits per heavy atom. The smallest absolute Gasteiger partial charge is 0.308 e. The number of rotatable bonds is 7. The van der Waals surface area contributed by atoms with Crippen LogP contribution in [0.5, 0.6) is 5.88 Å². The molecular formula is C27H29ClN2O6. The third-order valence-electron chi connectivity index (χ3n) is 7.44. The van der Waals surface area contributed by atoms with Crippen LogP contribution >= 0.6 is 11.6 Å². The van der Waals surface area contributed by atoms with Crippen molar-refractivity contribution in [3.63, 3.8) is 0 Å². The summed E-state index contributed by atoms with van der Waals surface area (Å²) in [5.74, 6) is 0.0724. The van der Waals surface area contributed by atoms with Gasteiger partial charge in [0.1, 0.15) is 12.2 Å². The minimum atomic E-state index is -0.428. The molecule has 190 valence electrons. The molecule has 9 heteroatoms. The SMILES string of the molecule is CC(C)C(=O)O[C@@H]1CO[C@H]2C1OC[C@H]2Oc1cc2nc(-c3ccc(C4(CO)CC4)cc3)c(Cl)cc2[nH]1. The summed E-state index contributed by atoms with van der Waals surface area (Å²) in [6, 6.07) is 11.8. The molecule has 0 amide bonds. The van der Waals surface area contributed by atoms with Gasteiger partial charge in [-0.3, -0.25) is 4.79 Å². The number of H-pyrrole nitrogens is 1. The predicted molar refractivity (Wildman–Crippen MR) is 133 cm³/mol. The Kier molecular flexibility index (Phi) is 5.95. The molecule has 1 saturated carbocycles. The van der Waals surface area contributed by atoms with Gasteiger partial charge >= 0.3 is 5.97 Å². The lowest BCUT2D eigenvalue weighted by Gasteiger charge is -2.18. The minimum absolute atomic E-state index is 0.0747. The number of aromatic amines is 1. The predicted octanol–water partition coefficient (Wildman–Crippen LogP) is 4.02. The molecule has 0 bridgehead atoms. The van der Waals surface area contributed by atoms with Crippen molar-refractivity contribution < 1.29 is 28.8 Å². The Morgan fingerprint density at radius 2 is 1.86 bits per heavy atom. The first-order valence-electron chi connectivity index (χ1n) is 12.4. The van der Waals surface area contributed by atoms with E-state index < -0.39 is 6.10 Å². The lowest BCUT2D eigenvalue weighted by molar-refractivity contribution is -0.157. The number of pyridine rings is 1. The number of aromatic nitrogens is 2. The second-order valence-electron chi connectivity index (χ2n) is 10.3. The number of aliphatic hydroxyl groups is 1. The fourth-order valence-corrected chi connectivity index (χ4v) is 5.28. The van der Waals surface area contributed by atoms with Gasteiger partial charge in [0.05, 0.1) is 47.5 Å². The Labute approximate surface area is 213 Å². The summed E-state index contributed by atoms with van der Waals surface area (Å²) < 4.78 is 23.5. The molecule has 2 N–H and O–H groups in total. The minimum Gasteiger partial charge on any atom is -0.470 e. The molecular weight excluding hydrogens is 484 g/mol. The quantitative estimate of drug-likeness (QED) is 0.461. The zero-order chi connectivity index (χ0) is 25.0. The number of esters is 1. The second kappa shape index (κ2) is 9.03. The fourth-order valence-electron chi connectivity index (χ4n) is 5.02. The average Bonchev–Trinajstić information content (AvgIpc) is 3.19. The van der Waals surface area contributed by atoms with Crippen LogP contribution in [0.3, 0.4) is 0 Å². The van der Waals surface area contributed by atoms with E-state index in [0.29, 0.717) is 29.8 Å². The summed E-state index contributed by atoms with van der Waals surface area (Å²) in [5.41, 5.74) is 4.17. The van der Waals surface area contributed by atoms with Crippen molar-refractivity contribution in [2.45, 2.75) is 56.5 Å². The van der Waals surface area contributed by atoms with E-state index in [9.17, 15) is 9.90 Å². The molecule has 3 aliphatic rings. The van der Waals surface area contributed by atoms with E-state index in [-0.39, 0.29) is 42.2 Å². The number of nitrogens with one attached hydrogen (secondary N) is 1. The molecule has 1 aromatic carbocycles. The summed E-state index contributed by atoms with van der Waals surface area (Å²) in [4.78, 5) is 20.0. The van der Waals surface area contributed by atoms with Gasteiger partial charge in [0.2, 0.25) is 0 Å². The van der Waals surface area contributed by atoms with Crippen molar-refractivity contribution in [3.05, 3.63) is 47.0 Å². The van der Waals surface area contributed by atoms with Gasteiger partial charge in [-0.2, -0.15) is 0 Å². The van der Waals surface area contributed by atoms with Crippen LogP contribution in [0, 0.1) is 5.92 Å². The normalized spacial score (nSPS) is 26.4. The number of ether oxygens (including phenoxy) is 4. The average molecular weight is 513 g/mol. The Hall–Kier alpha value is -2.65. The van der Waals surface area contributed by atoms with Gasteiger partial charge in [-0.05, 0) is 24.5 Å². The first kappa shape index (κ1) is 23.7. The number of fused-ring (bicyclic) bond motifs is 2. The molecule has 36 heavy (non-hydrogen) atoms. The Balaban J connectivity index is 1.17. The molecule has 4 heterocycles. The van der Waals surface area contributed by atoms with E-state index in [1.54, 1.807) is 13.8 Å². The molecule has 0 radical (unpaired) electrons. The van der Waals surface area contributed by atoms with Crippen molar-refractivity contribution in [2.24, 2.45) is 5.92 Å². The molecule has 2 saturated heterocycles.